The summed E-state index contributed by atoms with van der Waals surface area (Å²) in [5.74, 6) is 0.354. The predicted octanol–water partition coefficient (Wildman–Crippen LogP) is 4.96. The van der Waals surface area contributed by atoms with Crippen LogP contribution in [0.15, 0.2) is 77.4 Å². The van der Waals surface area contributed by atoms with Crippen molar-refractivity contribution in [2.75, 3.05) is 4.90 Å². The molecule has 6 heteroatoms. The van der Waals surface area contributed by atoms with Gasteiger partial charge in [0.2, 0.25) is 5.82 Å². The Morgan fingerprint density at radius 3 is 1.88 bits per heavy atom. The second-order valence-corrected chi connectivity index (χ2v) is 6.37. The minimum atomic E-state index is -0.391. The number of anilines is 1. The molecule has 2 aromatic carbocycles. The van der Waals surface area contributed by atoms with E-state index in [2.05, 4.69) is 20.9 Å². The number of halogens is 1. The first-order valence-corrected chi connectivity index (χ1v) is 8.56. The third kappa shape index (κ3) is 4.42. The van der Waals surface area contributed by atoms with E-state index in [0.29, 0.717) is 23.5 Å². The molecule has 0 aliphatic carbocycles. The molecule has 0 saturated carbocycles. The van der Waals surface area contributed by atoms with Gasteiger partial charge in [0.05, 0.1) is 4.92 Å². The summed E-state index contributed by atoms with van der Waals surface area (Å²) in [6.07, 6.45) is 0. The van der Waals surface area contributed by atoms with Crippen molar-refractivity contribution in [1.82, 2.24) is 4.98 Å². The van der Waals surface area contributed by atoms with Crippen LogP contribution in [0.2, 0.25) is 0 Å². The maximum Gasteiger partial charge on any atom is 0.311 e. The van der Waals surface area contributed by atoms with Crippen LogP contribution >= 0.6 is 15.9 Å². The molecule has 0 radical (unpaired) electrons. The zero-order valence-electron chi connectivity index (χ0n) is 13.4. The topological polar surface area (TPSA) is 59.3 Å². The van der Waals surface area contributed by atoms with E-state index in [-0.39, 0.29) is 5.69 Å². The molecule has 1 aromatic heterocycles. The first-order chi connectivity index (χ1) is 12.1. The fourth-order valence-electron chi connectivity index (χ4n) is 2.61. The molecule has 0 unspecified atom stereocenters. The van der Waals surface area contributed by atoms with Crippen molar-refractivity contribution in [3.8, 4) is 0 Å². The summed E-state index contributed by atoms with van der Waals surface area (Å²) in [5, 5.41) is 11.5. The fourth-order valence-corrected chi connectivity index (χ4v) is 2.91. The quantitative estimate of drug-likeness (QED) is 0.335. The zero-order valence-corrected chi connectivity index (χ0v) is 15.0. The van der Waals surface area contributed by atoms with Crippen LogP contribution in [0, 0.1) is 10.1 Å². The van der Waals surface area contributed by atoms with E-state index >= 15 is 0 Å². The molecular formula is C19H16BrN3O2. The number of nitrogens with zero attached hydrogens (tertiary/aromatic N) is 3. The molecule has 0 aliphatic rings. The monoisotopic (exact) mass is 397 g/mol. The van der Waals surface area contributed by atoms with Gasteiger partial charge in [-0.1, -0.05) is 60.7 Å². The average molecular weight is 398 g/mol. The third-order valence-electron chi connectivity index (χ3n) is 3.75. The second-order valence-electron chi connectivity index (χ2n) is 5.56. The molecule has 126 valence electrons. The first-order valence-electron chi connectivity index (χ1n) is 7.77. The van der Waals surface area contributed by atoms with E-state index in [1.165, 1.54) is 6.07 Å². The van der Waals surface area contributed by atoms with Gasteiger partial charge < -0.3 is 4.90 Å². The minimum absolute atomic E-state index is 0.00457. The number of nitro groups is 1. The molecule has 3 rings (SSSR count). The van der Waals surface area contributed by atoms with Crippen molar-refractivity contribution in [2.45, 2.75) is 13.1 Å². The van der Waals surface area contributed by atoms with Gasteiger partial charge in [-0.2, -0.15) is 0 Å². The van der Waals surface area contributed by atoms with Crippen LogP contribution in [0.3, 0.4) is 0 Å². The van der Waals surface area contributed by atoms with E-state index < -0.39 is 4.92 Å². The van der Waals surface area contributed by atoms with E-state index in [4.69, 9.17) is 0 Å². The molecule has 1 heterocycles. The summed E-state index contributed by atoms with van der Waals surface area (Å²) < 4.78 is 0.569. The molecule has 5 nitrogen and oxygen atoms in total. The number of hydrogen-bond donors (Lipinski definition) is 0. The standard InChI is InChI=1S/C19H16BrN3O2/c20-18-12-11-17(23(24)25)19(21-18)22(13-15-7-3-1-4-8-15)14-16-9-5-2-6-10-16/h1-12H,13-14H2. The highest BCUT2D eigenvalue weighted by Gasteiger charge is 2.22. The molecule has 0 atom stereocenters. The van der Waals surface area contributed by atoms with E-state index in [9.17, 15) is 10.1 Å². The lowest BCUT2D eigenvalue weighted by atomic mass is 10.1. The number of hydrogen-bond acceptors (Lipinski definition) is 4. The lowest BCUT2D eigenvalue weighted by Gasteiger charge is -2.24. The molecule has 0 amide bonds. The Labute approximate surface area is 154 Å². The molecule has 0 saturated heterocycles. The van der Waals surface area contributed by atoms with E-state index in [1.54, 1.807) is 6.07 Å². The Balaban J connectivity index is 2.01. The van der Waals surface area contributed by atoms with Crippen LogP contribution in [0.25, 0.3) is 0 Å². The van der Waals surface area contributed by atoms with Crippen molar-refractivity contribution in [1.29, 1.82) is 0 Å². The molecule has 25 heavy (non-hydrogen) atoms. The van der Waals surface area contributed by atoms with Gasteiger partial charge in [-0.05, 0) is 33.1 Å². The highest BCUT2D eigenvalue weighted by molar-refractivity contribution is 9.10. The SMILES string of the molecule is O=[N+]([O-])c1ccc(Br)nc1N(Cc1ccccc1)Cc1ccccc1. The van der Waals surface area contributed by atoms with Crippen LogP contribution in [0.5, 0.6) is 0 Å². The summed E-state index contributed by atoms with van der Waals surface area (Å²) in [5.41, 5.74) is 2.12. The summed E-state index contributed by atoms with van der Waals surface area (Å²) in [6.45, 7) is 1.06. The summed E-state index contributed by atoms with van der Waals surface area (Å²) in [6, 6.07) is 22.8. The molecule has 0 N–H and O–H groups in total. The normalized spacial score (nSPS) is 10.4. The zero-order chi connectivity index (χ0) is 17.6. The van der Waals surface area contributed by atoms with Gasteiger partial charge in [0.15, 0.2) is 0 Å². The Bertz CT molecular complexity index is 816. The van der Waals surface area contributed by atoms with Gasteiger partial charge in [-0.15, -0.1) is 0 Å². The van der Waals surface area contributed by atoms with E-state index in [1.807, 2.05) is 65.6 Å². The third-order valence-corrected chi connectivity index (χ3v) is 4.19. The van der Waals surface area contributed by atoms with Crippen LogP contribution in [-0.4, -0.2) is 9.91 Å². The van der Waals surface area contributed by atoms with Gasteiger partial charge in [0, 0.05) is 19.2 Å². The second kappa shape index (κ2) is 7.90. The van der Waals surface area contributed by atoms with Crippen molar-refractivity contribution in [3.63, 3.8) is 0 Å². The largest absolute Gasteiger partial charge is 0.342 e. The van der Waals surface area contributed by atoms with Crippen molar-refractivity contribution in [3.05, 3.63) is 98.6 Å². The van der Waals surface area contributed by atoms with Crippen molar-refractivity contribution in [2.24, 2.45) is 0 Å². The highest BCUT2D eigenvalue weighted by atomic mass is 79.9. The first kappa shape index (κ1) is 17.1. The average Bonchev–Trinajstić information content (AvgIpc) is 2.62. The van der Waals surface area contributed by atoms with Crippen molar-refractivity contribution >= 4 is 27.4 Å². The van der Waals surface area contributed by atoms with Gasteiger partial charge in [-0.25, -0.2) is 4.98 Å². The highest BCUT2D eigenvalue weighted by Crippen LogP contribution is 2.30. The number of pyridine rings is 1. The van der Waals surface area contributed by atoms with Crippen LogP contribution in [0.1, 0.15) is 11.1 Å². The molecular weight excluding hydrogens is 382 g/mol. The van der Waals surface area contributed by atoms with Gasteiger partial charge in [0.1, 0.15) is 4.60 Å². The Kier molecular flexibility index (Phi) is 5.40. The minimum Gasteiger partial charge on any atom is -0.342 e. The predicted molar refractivity (Wildman–Crippen MR) is 101 cm³/mol. The maximum atomic E-state index is 11.5. The van der Waals surface area contributed by atoms with Gasteiger partial charge in [-0.3, -0.25) is 10.1 Å². The molecule has 3 aromatic rings. The van der Waals surface area contributed by atoms with Crippen LogP contribution < -0.4 is 4.90 Å². The molecule has 0 aliphatic heterocycles. The molecule has 0 spiro atoms. The number of rotatable bonds is 6. The summed E-state index contributed by atoms with van der Waals surface area (Å²) >= 11 is 3.32. The Morgan fingerprint density at radius 1 is 0.880 bits per heavy atom. The Hall–Kier alpha value is -2.73. The fraction of sp³-hybridized carbons (Fsp3) is 0.105. The smallest absolute Gasteiger partial charge is 0.311 e. The van der Waals surface area contributed by atoms with Gasteiger partial charge in [0.25, 0.3) is 0 Å². The summed E-state index contributed by atoms with van der Waals surface area (Å²) in [4.78, 5) is 17.4. The van der Waals surface area contributed by atoms with Crippen LogP contribution in [0.4, 0.5) is 11.5 Å². The van der Waals surface area contributed by atoms with Crippen molar-refractivity contribution < 1.29 is 4.92 Å². The van der Waals surface area contributed by atoms with Gasteiger partial charge >= 0.3 is 5.69 Å². The lowest BCUT2D eigenvalue weighted by Crippen LogP contribution is -2.24. The number of benzene rings is 2. The van der Waals surface area contributed by atoms with E-state index in [0.717, 1.165) is 11.1 Å². The maximum absolute atomic E-state index is 11.5. The number of aromatic nitrogens is 1. The Morgan fingerprint density at radius 2 is 1.40 bits per heavy atom. The lowest BCUT2D eigenvalue weighted by molar-refractivity contribution is -0.384. The molecule has 0 fully saturated rings. The summed E-state index contributed by atoms with van der Waals surface area (Å²) in [7, 11) is 0. The molecule has 0 bridgehead atoms. The van der Waals surface area contributed by atoms with Crippen LogP contribution in [-0.2, 0) is 13.1 Å².